The molecule has 0 aromatic heterocycles. The number of nitrogens with zero attached hydrogens (tertiary/aromatic N) is 1. The van der Waals surface area contributed by atoms with Crippen molar-refractivity contribution in [3.8, 4) is 0 Å². The monoisotopic (exact) mass is 204 g/mol. The molecule has 0 saturated heterocycles. The van der Waals surface area contributed by atoms with E-state index in [0.29, 0.717) is 0 Å². The molecule has 3 heteroatoms. The molecular formula is C11H26NO2+. The number of quaternary nitrogens is 1. The third kappa shape index (κ3) is 14.0. The highest BCUT2D eigenvalue weighted by Crippen LogP contribution is 1.97. The maximum atomic E-state index is 9.93. The molecule has 1 N–H and O–H groups in total. The van der Waals surface area contributed by atoms with E-state index >= 15 is 0 Å². The molecule has 0 bridgehead atoms. The molecule has 0 heterocycles. The summed E-state index contributed by atoms with van der Waals surface area (Å²) in [5.41, 5.74) is 0. The molecule has 0 aliphatic carbocycles. The third-order valence-corrected chi connectivity index (χ3v) is 1.93. The first-order valence-corrected chi connectivity index (χ1v) is 5.27. The molecule has 3 nitrogen and oxygen atoms in total. The summed E-state index contributed by atoms with van der Waals surface area (Å²) in [6, 6.07) is 0. The molecule has 0 radical (unpaired) electrons. The molecule has 0 rings (SSSR count). The van der Waals surface area contributed by atoms with Crippen molar-refractivity contribution in [3.05, 3.63) is 0 Å². The van der Waals surface area contributed by atoms with Crippen molar-refractivity contribution in [1.82, 2.24) is 0 Å². The molecular weight excluding hydrogens is 178 g/mol. The van der Waals surface area contributed by atoms with Crippen LogP contribution in [0.2, 0.25) is 0 Å². The van der Waals surface area contributed by atoms with Crippen LogP contribution in [0, 0.1) is 5.92 Å². The van der Waals surface area contributed by atoms with Crippen molar-refractivity contribution in [1.29, 1.82) is 0 Å². The molecule has 0 aliphatic heterocycles. The van der Waals surface area contributed by atoms with Crippen molar-refractivity contribution in [2.45, 2.75) is 33.6 Å². The SMILES string of the molecule is CCC(C)C(=O)O.CCC[N+](C)(C)C. The normalized spacial score (nSPS) is 12.7. The van der Waals surface area contributed by atoms with E-state index in [2.05, 4.69) is 28.1 Å². The summed E-state index contributed by atoms with van der Waals surface area (Å²) in [5, 5.41) is 8.18. The van der Waals surface area contributed by atoms with E-state index in [1.165, 1.54) is 13.0 Å². The third-order valence-electron chi connectivity index (χ3n) is 1.93. The topological polar surface area (TPSA) is 37.3 Å². The molecule has 0 aliphatic rings. The van der Waals surface area contributed by atoms with E-state index in [-0.39, 0.29) is 5.92 Å². The summed E-state index contributed by atoms with van der Waals surface area (Å²) < 4.78 is 1.09. The van der Waals surface area contributed by atoms with Crippen molar-refractivity contribution in [3.63, 3.8) is 0 Å². The molecule has 14 heavy (non-hydrogen) atoms. The maximum absolute atomic E-state index is 9.93. The van der Waals surface area contributed by atoms with Crippen molar-refractivity contribution in [2.24, 2.45) is 5.92 Å². The fourth-order valence-electron chi connectivity index (χ4n) is 0.845. The number of aliphatic carboxylic acids is 1. The van der Waals surface area contributed by atoms with Crippen LogP contribution in [0.3, 0.4) is 0 Å². The average Bonchev–Trinajstić information content (AvgIpc) is 2.01. The second-order valence-electron chi connectivity index (χ2n) is 4.66. The van der Waals surface area contributed by atoms with Crippen LogP contribution in [0.1, 0.15) is 33.6 Å². The summed E-state index contributed by atoms with van der Waals surface area (Å²) in [6.07, 6.45) is 2.00. The van der Waals surface area contributed by atoms with Crippen molar-refractivity contribution >= 4 is 5.97 Å². The molecule has 1 unspecified atom stereocenters. The minimum atomic E-state index is -0.706. The van der Waals surface area contributed by atoms with Gasteiger partial charge in [-0.15, -0.1) is 0 Å². The van der Waals surface area contributed by atoms with Gasteiger partial charge in [0, 0.05) is 0 Å². The second-order valence-corrected chi connectivity index (χ2v) is 4.66. The Morgan fingerprint density at radius 3 is 1.71 bits per heavy atom. The first-order valence-electron chi connectivity index (χ1n) is 5.27. The van der Waals surface area contributed by atoms with E-state index < -0.39 is 5.97 Å². The predicted molar refractivity (Wildman–Crippen MR) is 60.3 cm³/mol. The maximum Gasteiger partial charge on any atom is 0.306 e. The van der Waals surface area contributed by atoms with E-state index in [1.807, 2.05) is 6.92 Å². The molecule has 1 atom stereocenters. The number of carboxylic acid groups (broad SMARTS) is 1. The highest BCUT2D eigenvalue weighted by molar-refractivity contribution is 5.69. The van der Waals surface area contributed by atoms with Gasteiger partial charge in [0.05, 0.1) is 33.6 Å². The molecule has 86 valence electrons. The van der Waals surface area contributed by atoms with Gasteiger partial charge in [-0.2, -0.15) is 0 Å². The van der Waals surface area contributed by atoms with Gasteiger partial charge >= 0.3 is 5.97 Å². The summed E-state index contributed by atoms with van der Waals surface area (Å²) in [4.78, 5) is 9.93. The number of carbonyl (C=O) groups is 1. The minimum absolute atomic E-state index is 0.181. The van der Waals surface area contributed by atoms with Gasteiger partial charge in [-0.05, 0) is 12.8 Å². The van der Waals surface area contributed by atoms with Crippen molar-refractivity contribution < 1.29 is 14.4 Å². The van der Waals surface area contributed by atoms with Gasteiger partial charge in [-0.3, -0.25) is 4.79 Å². The highest BCUT2D eigenvalue weighted by atomic mass is 16.4. The summed E-state index contributed by atoms with van der Waals surface area (Å²) in [5.74, 6) is -0.887. The van der Waals surface area contributed by atoms with Gasteiger partial charge in [-0.1, -0.05) is 20.8 Å². The molecule has 0 aromatic carbocycles. The van der Waals surface area contributed by atoms with Gasteiger partial charge in [0.2, 0.25) is 0 Å². The zero-order chi connectivity index (χ0) is 11.8. The molecule has 0 amide bonds. The first kappa shape index (κ1) is 15.9. The van der Waals surface area contributed by atoms with Gasteiger partial charge in [0.1, 0.15) is 0 Å². The zero-order valence-corrected chi connectivity index (χ0v) is 10.5. The second kappa shape index (κ2) is 7.80. The Bertz CT molecular complexity index is 150. The Balaban J connectivity index is 0. The Morgan fingerprint density at radius 2 is 1.71 bits per heavy atom. The molecule has 0 saturated carbocycles. The minimum Gasteiger partial charge on any atom is -0.481 e. The smallest absolute Gasteiger partial charge is 0.306 e. The number of hydrogen-bond donors (Lipinski definition) is 1. The van der Waals surface area contributed by atoms with Gasteiger partial charge in [-0.25, -0.2) is 0 Å². The lowest BCUT2D eigenvalue weighted by Gasteiger charge is -2.22. The van der Waals surface area contributed by atoms with Crippen LogP contribution < -0.4 is 0 Å². The Labute approximate surface area is 88.3 Å². The fourth-order valence-corrected chi connectivity index (χ4v) is 0.845. The number of carboxylic acids is 1. The van der Waals surface area contributed by atoms with Crippen LogP contribution in [0.15, 0.2) is 0 Å². The number of rotatable bonds is 4. The van der Waals surface area contributed by atoms with Crippen LogP contribution in [0.25, 0.3) is 0 Å². The van der Waals surface area contributed by atoms with Crippen LogP contribution in [-0.4, -0.2) is 43.2 Å². The van der Waals surface area contributed by atoms with E-state index in [0.717, 1.165) is 10.9 Å². The fraction of sp³-hybridized carbons (Fsp3) is 0.909. The van der Waals surface area contributed by atoms with Crippen LogP contribution in [-0.2, 0) is 4.79 Å². The summed E-state index contributed by atoms with van der Waals surface area (Å²) >= 11 is 0. The Kier molecular flexibility index (Phi) is 8.85. The van der Waals surface area contributed by atoms with E-state index in [1.54, 1.807) is 6.92 Å². The summed E-state index contributed by atoms with van der Waals surface area (Å²) in [6.45, 7) is 7.05. The lowest BCUT2D eigenvalue weighted by Crippen LogP contribution is -2.34. The Morgan fingerprint density at radius 1 is 1.29 bits per heavy atom. The average molecular weight is 204 g/mol. The van der Waals surface area contributed by atoms with E-state index in [9.17, 15) is 4.79 Å². The lowest BCUT2D eigenvalue weighted by atomic mass is 10.1. The molecule has 0 fully saturated rings. The lowest BCUT2D eigenvalue weighted by molar-refractivity contribution is -0.870. The van der Waals surface area contributed by atoms with Crippen LogP contribution in [0.5, 0.6) is 0 Å². The molecule has 0 aromatic rings. The Hall–Kier alpha value is -0.570. The highest BCUT2D eigenvalue weighted by Gasteiger charge is 2.05. The van der Waals surface area contributed by atoms with Crippen LogP contribution in [0.4, 0.5) is 0 Å². The van der Waals surface area contributed by atoms with Gasteiger partial charge in [0.25, 0.3) is 0 Å². The van der Waals surface area contributed by atoms with Gasteiger partial charge < -0.3 is 9.59 Å². The predicted octanol–water partition coefficient (Wildman–Crippen LogP) is 2.22. The van der Waals surface area contributed by atoms with Crippen LogP contribution >= 0.6 is 0 Å². The standard InChI is InChI=1S/C6H16N.C5H10O2/c1-5-6-7(2,3)4;1-3-4(2)5(6)7/h5-6H2,1-4H3;4H,3H2,1-2H3,(H,6,7)/q+1;. The van der Waals surface area contributed by atoms with E-state index in [4.69, 9.17) is 5.11 Å². The summed E-state index contributed by atoms with van der Waals surface area (Å²) in [7, 11) is 6.64. The largest absolute Gasteiger partial charge is 0.481 e. The zero-order valence-electron chi connectivity index (χ0n) is 10.5. The molecule has 0 spiro atoms. The quantitative estimate of drug-likeness (QED) is 0.713. The van der Waals surface area contributed by atoms with Gasteiger partial charge in [0.15, 0.2) is 0 Å². The first-order chi connectivity index (χ1) is 6.24. The van der Waals surface area contributed by atoms with Crippen molar-refractivity contribution in [2.75, 3.05) is 27.7 Å². The number of hydrogen-bond acceptors (Lipinski definition) is 1.